The first-order valence-corrected chi connectivity index (χ1v) is 10.6. The third-order valence-corrected chi connectivity index (χ3v) is 6.45. The van der Waals surface area contributed by atoms with Gasteiger partial charge in [0.2, 0.25) is 0 Å². The van der Waals surface area contributed by atoms with Crippen molar-refractivity contribution >= 4 is 5.91 Å². The molecule has 3 aliphatic rings. The van der Waals surface area contributed by atoms with Gasteiger partial charge in [0.1, 0.15) is 5.69 Å². The highest BCUT2D eigenvalue weighted by Crippen LogP contribution is 2.49. The van der Waals surface area contributed by atoms with Crippen molar-refractivity contribution in [3.8, 4) is 0 Å². The van der Waals surface area contributed by atoms with Gasteiger partial charge in [-0.05, 0) is 49.8 Å². The molecule has 154 valence electrons. The number of amides is 1. The monoisotopic (exact) mass is 393 g/mol. The Morgan fingerprint density at radius 3 is 2.45 bits per heavy atom. The summed E-state index contributed by atoms with van der Waals surface area (Å²) in [6, 6.07) is 5.53. The molecule has 0 N–H and O–H groups in total. The molecular weight excluding hydrogens is 362 g/mol. The summed E-state index contributed by atoms with van der Waals surface area (Å²) >= 11 is 0. The number of aromatic nitrogens is 1. The van der Waals surface area contributed by atoms with Crippen molar-refractivity contribution in [1.29, 1.82) is 0 Å². The fourth-order valence-electron chi connectivity index (χ4n) is 4.61. The van der Waals surface area contributed by atoms with Crippen LogP contribution in [0.3, 0.4) is 0 Å². The first-order valence-electron chi connectivity index (χ1n) is 10.6. The summed E-state index contributed by atoms with van der Waals surface area (Å²) in [4.78, 5) is 21.8. The third kappa shape index (κ3) is 4.51. The number of allylic oxidation sites excluding steroid dienone is 3. The normalized spacial score (nSPS) is 23.2. The van der Waals surface area contributed by atoms with E-state index < -0.39 is 0 Å². The molecule has 0 radical (unpaired) electrons. The molecule has 4 rings (SSSR count). The minimum absolute atomic E-state index is 0.0344. The number of likely N-dealkylation sites (tertiary alicyclic amines) is 1. The van der Waals surface area contributed by atoms with E-state index in [1.807, 2.05) is 35.3 Å². The predicted octanol–water partition coefficient (Wildman–Crippen LogP) is 3.61. The molecule has 2 saturated heterocycles. The third-order valence-electron chi connectivity index (χ3n) is 6.45. The Kier molecular flexibility index (Phi) is 5.70. The van der Waals surface area contributed by atoms with Gasteiger partial charge in [-0.15, -0.1) is 0 Å². The van der Waals surface area contributed by atoms with E-state index in [1.54, 1.807) is 12.3 Å². The van der Waals surface area contributed by atoms with Gasteiger partial charge < -0.3 is 14.5 Å². The molecule has 1 aromatic rings. The van der Waals surface area contributed by atoms with E-state index in [0.717, 1.165) is 51.7 Å². The lowest BCUT2D eigenvalue weighted by atomic mass is 9.87. The fraction of sp³-hybridized carbons (Fsp3) is 0.500. The van der Waals surface area contributed by atoms with Gasteiger partial charge in [0.25, 0.3) is 5.91 Å². The van der Waals surface area contributed by atoms with Crippen LogP contribution in [0.25, 0.3) is 0 Å². The Hall–Kier alpha value is -2.24. The number of ether oxygens (including phenoxy) is 1. The minimum atomic E-state index is -0.214. The molecule has 0 atom stereocenters. The Morgan fingerprint density at radius 2 is 1.86 bits per heavy atom. The average molecular weight is 394 g/mol. The minimum Gasteiger partial charge on any atom is -0.365 e. The number of hydrogen-bond acceptors (Lipinski definition) is 4. The van der Waals surface area contributed by atoms with Crippen LogP contribution in [0, 0.1) is 0 Å². The molecule has 2 spiro atoms. The molecule has 0 unspecified atom stereocenters. The Bertz CT molecular complexity index is 790. The quantitative estimate of drug-likeness (QED) is 0.693. The van der Waals surface area contributed by atoms with Gasteiger partial charge in [-0.2, -0.15) is 0 Å². The van der Waals surface area contributed by atoms with Gasteiger partial charge in [-0.1, -0.05) is 37.5 Å². The maximum Gasteiger partial charge on any atom is 0.272 e. The SMILES string of the molecule is C=C/C=C(\C=C)CCN1CCC2(CC1)CN(C(=O)c1ccccn1)CC1(CC1)O2. The van der Waals surface area contributed by atoms with Crippen molar-refractivity contribution in [1.82, 2.24) is 14.8 Å². The number of carbonyl (C=O) groups is 1. The van der Waals surface area contributed by atoms with Gasteiger partial charge in [-0.3, -0.25) is 9.78 Å². The van der Waals surface area contributed by atoms with Crippen molar-refractivity contribution < 1.29 is 9.53 Å². The predicted molar refractivity (Wildman–Crippen MR) is 115 cm³/mol. The number of pyridine rings is 1. The fourth-order valence-corrected chi connectivity index (χ4v) is 4.61. The summed E-state index contributed by atoms with van der Waals surface area (Å²) in [6.07, 6.45) is 12.5. The Morgan fingerprint density at radius 1 is 1.14 bits per heavy atom. The zero-order chi connectivity index (χ0) is 20.3. The summed E-state index contributed by atoms with van der Waals surface area (Å²) in [5.41, 5.74) is 1.42. The maximum atomic E-state index is 13.1. The van der Waals surface area contributed by atoms with Crippen molar-refractivity contribution in [3.63, 3.8) is 0 Å². The van der Waals surface area contributed by atoms with Crippen LogP contribution in [0.5, 0.6) is 0 Å². The molecule has 5 nitrogen and oxygen atoms in total. The van der Waals surface area contributed by atoms with Crippen LogP contribution in [0.1, 0.15) is 42.6 Å². The number of carbonyl (C=O) groups excluding carboxylic acids is 1. The molecule has 29 heavy (non-hydrogen) atoms. The van der Waals surface area contributed by atoms with Crippen molar-refractivity contribution in [3.05, 3.63) is 67.0 Å². The van der Waals surface area contributed by atoms with Gasteiger partial charge >= 0.3 is 0 Å². The number of rotatable bonds is 6. The number of morpholine rings is 1. The zero-order valence-electron chi connectivity index (χ0n) is 17.2. The number of piperidine rings is 1. The molecule has 2 aliphatic heterocycles. The van der Waals surface area contributed by atoms with E-state index >= 15 is 0 Å². The average Bonchev–Trinajstić information content (AvgIpc) is 3.49. The van der Waals surface area contributed by atoms with E-state index in [9.17, 15) is 4.79 Å². The highest BCUT2D eigenvalue weighted by atomic mass is 16.5. The van der Waals surface area contributed by atoms with Crippen molar-refractivity contribution in [2.24, 2.45) is 0 Å². The molecular formula is C24H31N3O2. The topological polar surface area (TPSA) is 45.7 Å². The number of hydrogen-bond donors (Lipinski definition) is 0. The molecule has 1 saturated carbocycles. The molecule has 0 aromatic carbocycles. The van der Waals surface area contributed by atoms with Crippen LogP contribution >= 0.6 is 0 Å². The van der Waals surface area contributed by atoms with Crippen LogP contribution < -0.4 is 0 Å². The number of nitrogens with zero attached hydrogens (tertiary/aromatic N) is 3. The van der Waals surface area contributed by atoms with Crippen LogP contribution in [-0.2, 0) is 4.74 Å². The molecule has 3 fully saturated rings. The largest absolute Gasteiger partial charge is 0.365 e. The highest BCUT2D eigenvalue weighted by Gasteiger charge is 2.56. The molecule has 5 heteroatoms. The van der Waals surface area contributed by atoms with Crippen LogP contribution in [-0.4, -0.2) is 64.6 Å². The molecule has 3 heterocycles. The molecule has 1 amide bonds. The summed E-state index contributed by atoms with van der Waals surface area (Å²) in [5, 5.41) is 0. The van der Waals surface area contributed by atoms with Gasteiger partial charge in [-0.25, -0.2) is 0 Å². The highest BCUT2D eigenvalue weighted by molar-refractivity contribution is 5.92. The summed E-state index contributed by atoms with van der Waals surface area (Å²) in [5.74, 6) is 0.0344. The first-order chi connectivity index (χ1) is 14.1. The zero-order valence-corrected chi connectivity index (χ0v) is 17.2. The van der Waals surface area contributed by atoms with E-state index in [4.69, 9.17) is 4.74 Å². The lowest BCUT2D eigenvalue weighted by molar-refractivity contribution is -0.179. The summed E-state index contributed by atoms with van der Waals surface area (Å²) in [6.45, 7) is 12.0. The first kappa shape index (κ1) is 20.0. The van der Waals surface area contributed by atoms with Crippen LogP contribution in [0.15, 0.2) is 61.4 Å². The van der Waals surface area contributed by atoms with Crippen molar-refractivity contribution in [2.45, 2.75) is 43.3 Å². The molecule has 0 bridgehead atoms. The standard InChI is InChI=1S/C24H31N3O2/c1-3-7-20(4-2)9-15-26-16-12-24(13-17-26)19-27(18-23(29-24)10-11-23)22(28)21-8-5-6-14-25-21/h3-8,14H,1-2,9-13,15-19H2/b20-7+. The smallest absolute Gasteiger partial charge is 0.272 e. The van der Waals surface area contributed by atoms with E-state index in [-0.39, 0.29) is 17.1 Å². The molecule has 1 aromatic heterocycles. The van der Waals surface area contributed by atoms with Gasteiger partial charge in [0.05, 0.1) is 24.3 Å². The Labute approximate surface area is 173 Å². The lowest BCUT2D eigenvalue weighted by Gasteiger charge is -2.50. The van der Waals surface area contributed by atoms with E-state index in [0.29, 0.717) is 18.8 Å². The lowest BCUT2D eigenvalue weighted by Crippen LogP contribution is -2.61. The van der Waals surface area contributed by atoms with Crippen molar-refractivity contribution in [2.75, 3.05) is 32.7 Å². The van der Waals surface area contributed by atoms with E-state index in [2.05, 4.69) is 23.0 Å². The van der Waals surface area contributed by atoms with E-state index in [1.165, 1.54) is 5.57 Å². The van der Waals surface area contributed by atoms with Crippen LogP contribution in [0.2, 0.25) is 0 Å². The van der Waals surface area contributed by atoms with Crippen LogP contribution in [0.4, 0.5) is 0 Å². The second kappa shape index (κ2) is 8.25. The van der Waals surface area contributed by atoms with Gasteiger partial charge in [0.15, 0.2) is 0 Å². The second-order valence-corrected chi connectivity index (χ2v) is 8.62. The summed E-state index contributed by atoms with van der Waals surface area (Å²) in [7, 11) is 0. The summed E-state index contributed by atoms with van der Waals surface area (Å²) < 4.78 is 6.68. The molecule has 1 aliphatic carbocycles. The second-order valence-electron chi connectivity index (χ2n) is 8.62. The van der Waals surface area contributed by atoms with Gasteiger partial charge in [0, 0.05) is 25.8 Å². The maximum absolute atomic E-state index is 13.1. The Balaban J connectivity index is 1.39.